The van der Waals surface area contributed by atoms with Crippen LogP contribution in [0.2, 0.25) is 0 Å². The maximum absolute atomic E-state index is 9.09. The number of hydrogen-bond acceptors (Lipinski definition) is 3. The van der Waals surface area contributed by atoms with E-state index in [9.17, 15) is 0 Å². The molecule has 0 aliphatic carbocycles. The third-order valence-electron chi connectivity index (χ3n) is 1.39. The van der Waals surface area contributed by atoms with E-state index in [0.29, 0.717) is 0 Å². The summed E-state index contributed by atoms with van der Waals surface area (Å²) in [5, 5.41) is 17.6. The summed E-state index contributed by atoms with van der Waals surface area (Å²) in [7, 11) is 0. The molecule has 0 heterocycles. The fourth-order valence-corrected chi connectivity index (χ4v) is 0.768. The predicted octanol–water partition coefficient (Wildman–Crippen LogP) is 1.60. The van der Waals surface area contributed by atoms with E-state index in [-0.39, 0.29) is 11.8 Å². The van der Waals surface area contributed by atoms with Gasteiger partial charge in [0.2, 0.25) is 0 Å². The Bertz CT molecular complexity index is 112. The highest BCUT2D eigenvalue weighted by atomic mass is 16.5. The second-order valence-electron chi connectivity index (χ2n) is 2.18. The van der Waals surface area contributed by atoms with Crippen LogP contribution in [0, 0.1) is 0 Å². The highest BCUT2D eigenvalue weighted by molar-refractivity contribution is 4.98. The standard InChI is InChI=1S/C7H15NO2/c1-3-5-6(8-10)7(9)4-2/h4,6,8-10H,3,5H2,1-2H3/b7-4+. The second-order valence-corrected chi connectivity index (χ2v) is 2.18. The van der Waals surface area contributed by atoms with Crippen LogP contribution in [0.4, 0.5) is 0 Å². The van der Waals surface area contributed by atoms with Gasteiger partial charge in [-0.25, -0.2) is 0 Å². The molecule has 0 amide bonds. The molecule has 0 aromatic heterocycles. The first-order chi connectivity index (χ1) is 4.76. The zero-order valence-corrected chi connectivity index (χ0v) is 6.46. The van der Waals surface area contributed by atoms with E-state index in [2.05, 4.69) is 0 Å². The lowest BCUT2D eigenvalue weighted by Gasteiger charge is -2.11. The normalized spacial score (nSPS) is 15.3. The van der Waals surface area contributed by atoms with Crippen molar-refractivity contribution in [1.29, 1.82) is 0 Å². The van der Waals surface area contributed by atoms with Crippen LogP contribution < -0.4 is 5.48 Å². The second kappa shape index (κ2) is 5.26. The summed E-state index contributed by atoms with van der Waals surface area (Å²) in [5.41, 5.74) is 2.04. The fraction of sp³-hybridized carbons (Fsp3) is 0.714. The van der Waals surface area contributed by atoms with Gasteiger partial charge in [-0.2, -0.15) is 5.48 Å². The van der Waals surface area contributed by atoms with Crippen LogP contribution in [0.25, 0.3) is 0 Å². The lowest BCUT2D eigenvalue weighted by atomic mass is 10.1. The van der Waals surface area contributed by atoms with E-state index in [1.165, 1.54) is 0 Å². The number of aliphatic hydroxyl groups is 1. The number of aliphatic hydroxyl groups excluding tert-OH is 1. The Morgan fingerprint density at radius 2 is 2.30 bits per heavy atom. The summed E-state index contributed by atoms with van der Waals surface area (Å²) in [5.74, 6) is 0.198. The molecule has 0 spiro atoms. The molecular formula is C7H15NO2. The third-order valence-corrected chi connectivity index (χ3v) is 1.39. The van der Waals surface area contributed by atoms with Gasteiger partial charge in [0, 0.05) is 0 Å². The lowest BCUT2D eigenvalue weighted by Crippen LogP contribution is -2.27. The maximum Gasteiger partial charge on any atom is 0.107 e. The van der Waals surface area contributed by atoms with E-state index < -0.39 is 0 Å². The van der Waals surface area contributed by atoms with Gasteiger partial charge in [0.15, 0.2) is 0 Å². The molecule has 60 valence electrons. The number of rotatable bonds is 4. The highest BCUT2D eigenvalue weighted by Crippen LogP contribution is 2.04. The molecule has 0 aliphatic heterocycles. The van der Waals surface area contributed by atoms with Crippen molar-refractivity contribution < 1.29 is 10.3 Å². The summed E-state index contributed by atoms with van der Waals surface area (Å²) in [6.07, 6.45) is 3.24. The Balaban J connectivity index is 3.80. The molecule has 1 unspecified atom stereocenters. The summed E-state index contributed by atoms with van der Waals surface area (Å²) < 4.78 is 0. The third kappa shape index (κ3) is 2.85. The molecule has 0 fully saturated rings. The van der Waals surface area contributed by atoms with Gasteiger partial charge in [-0.3, -0.25) is 0 Å². The Morgan fingerprint density at radius 1 is 1.70 bits per heavy atom. The SMILES string of the molecule is C/C=C(/O)C(CCC)NO. The molecule has 0 rings (SSSR count). The molecule has 0 aromatic rings. The van der Waals surface area contributed by atoms with Crippen molar-refractivity contribution in [1.82, 2.24) is 5.48 Å². The number of allylic oxidation sites excluding steroid dienone is 1. The van der Waals surface area contributed by atoms with Crippen LogP contribution in [0.5, 0.6) is 0 Å². The van der Waals surface area contributed by atoms with Crippen LogP contribution in [0.3, 0.4) is 0 Å². The summed E-state index contributed by atoms with van der Waals surface area (Å²) in [6.45, 7) is 3.72. The zero-order chi connectivity index (χ0) is 7.98. The van der Waals surface area contributed by atoms with Gasteiger partial charge in [0.25, 0.3) is 0 Å². The minimum Gasteiger partial charge on any atom is -0.511 e. The van der Waals surface area contributed by atoms with Gasteiger partial charge in [0.1, 0.15) is 5.76 Å². The monoisotopic (exact) mass is 145 g/mol. The summed E-state index contributed by atoms with van der Waals surface area (Å²) >= 11 is 0. The summed E-state index contributed by atoms with van der Waals surface area (Å²) in [6, 6.07) is -0.296. The molecule has 0 radical (unpaired) electrons. The van der Waals surface area contributed by atoms with E-state index in [1.807, 2.05) is 12.4 Å². The van der Waals surface area contributed by atoms with Crippen molar-refractivity contribution in [2.24, 2.45) is 0 Å². The van der Waals surface area contributed by atoms with E-state index in [4.69, 9.17) is 10.3 Å². The summed E-state index contributed by atoms with van der Waals surface area (Å²) in [4.78, 5) is 0. The van der Waals surface area contributed by atoms with Crippen molar-refractivity contribution in [2.75, 3.05) is 0 Å². The molecule has 3 N–H and O–H groups in total. The number of nitrogens with one attached hydrogen (secondary N) is 1. The first kappa shape index (κ1) is 9.46. The van der Waals surface area contributed by atoms with Gasteiger partial charge in [-0.05, 0) is 19.4 Å². The molecule has 0 saturated carbocycles. The largest absolute Gasteiger partial charge is 0.511 e. The quantitative estimate of drug-likeness (QED) is 0.416. The van der Waals surface area contributed by atoms with Crippen LogP contribution in [0.15, 0.2) is 11.8 Å². The van der Waals surface area contributed by atoms with Gasteiger partial charge in [0.05, 0.1) is 6.04 Å². The first-order valence-electron chi connectivity index (χ1n) is 3.51. The van der Waals surface area contributed by atoms with Crippen LogP contribution >= 0.6 is 0 Å². The topological polar surface area (TPSA) is 52.5 Å². The Hall–Kier alpha value is -0.540. The van der Waals surface area contributed by atoms with Crippen molar-refractivity contribution in [3.05, 3.63) is 11.8 Å². The van der Waals surface area contributed by atoms with Crippen LogP contribution in [0.1, 0.15) is 26.7 Å². The molecule has 10 heavy (non-hydrogen) atoms. The van der Waals surface area contributed by atoms with E-state index >= 15 is 0 Å². The first-order valence-corrected chi connectivity index (χ1v) is 3.51. The maximum atomic E-state index is 9.09. The molecule has 0 aromatic carbocycles. The van der Waals surface area contributed by atoms with Crippen molar-refractivity contribution in [2.45, 2.75) is 32.7 Å². The fourth-order valence-electron chi connectivity index (χ4n) is 0.768. The Kier molecular flexibility index (Phi) is 4.98. The molecule has 0 bridgehead atoms. The smallest absolute Gasteiger partial charge is 0.107 e. The average Bonchev–Trinajstić information content (AvgIpc) is 1.99. The van der Waals surface area contributed by atoms with E-state index in [0.717, 1.165) is 12.8 Å². The van der Waals surface area contributed by atoms with Gasteiger partial charge >= 0.3 is 0 Å². The minimum atomic E-state index is -0.296. The molecule has 1 atom stereocenters. The van der Waals surface area contributed by atoms with Crippen molar-refractivity contribution in [3.8, 4) is 0 Å². The van der Waals surface area contributed by atoms with Crippen molar-refractivity contribution >= 4 is 0 Å². The van der Waals surface area contributed by atoms with Gasteiger partial charge in [-0.1, -0.05) is 13.3 Å². The Morgan fingerprint density at radius 3 is 2.60 bits per heavy atom. The van der Waals surface area contributed by atoms with Crippen LogP contribution in [-0.2, 0) is 0 Å². The molecule has 0 aliphatic rings. The van der Waals surface area contributed by atoms with Crippen molar-refractivity contribution in [3.63, 3.8) is 0 Å². The minimum absolute atomic E-state index is 0.198. The van der Waals surface area contributed by atoms with Gasteiger partial charge in [-0.15, -0.1) is 0 Å². The molecule has 3 nitrogen and oxygen atoms in total. The lowest BCUT2D eigenvalue weighted by molar-refractivity contribution is 0.115. The predicted molar refractivity (Wildman–Crippen MR) is 40.0 cm³/mol. The van der Waals surface area contributed by atoms with Crippen LogP contribution in [-0.4, -0.2) is 16.4 Å². The number of hydroxylamine groups is 1. The average molecular weight is 145 g/mol. The molecular weight excluding hydrogens is 130 g/mol. The van der Waals surface area contributed by atoms with E-state index in [1.54, 1.807) is 13.0 Å². The Labute approximate surface area is 61.3 Å². The molecule has 3 heteroatoms. The zero-order valence-electron chi connectivity index (χ0n) is 6.46. The van der Waals surface area contributed by atoms with Gasteiger partial charge < -0.3 is 10.3 Å². The molecule has 0 saturated heterocycles. The highest BCUT2D eigenvalue weighted by Gasteiger charge is 2.08. The number of hydrogen-bond donors (Lipinski definition) is 3.